The second-order valence-electron chi connectivity index (χ2n) is 4.19. The van der Waals surface area contributed by atoms with E-state index in [0.29, 0.717) is 18.5 Å². The van der Waals surface area contributed by atoms with Crippen LogP contribution in [0.2, 0.25) is 0 Å². The lowest BCUT2D eigenvalue weighted by Crippen LogP contribution is -2.45. The van der Waals surface area contributed by atoms with Crippen LogP contribution in [0, 0.1) is 0 Å². The van der Waals surface area contributed by atoms with Crippen LogP contribution in [0.15, 0.2) is 30.3 Å². The number of aliphatic hydroxyl groups is 1. The van der Waals surface area contributed by atoms with E-state index in [1.54, 1.807) is 24.3 Å². The summed E-state index contributed by atoms with van der Waals surface area (Å²) >= 11 is 0. The molecule has 1 aliphatic heterocycles. The first-order valence-corrected chi connectivity index (χ1v) is 5.77. The number of benzene rings is 1. The summed E-state index contributed by atoms with van der Waals surface area (Å²) < 4.78 is 4.63. The minimum atomic E-state index is -0.900. The van der Waals surface area contributed by atoms with Crippen molar-refractivity contribution in [2.45, 2.75) is 18.6 Å². The maximum absolute atomic E-state index is 12.2. The van der Waals surface area contributed by atoms with Gasteiger partial charge in [0.25, 0.3) is 5.91 Å². The van der Waals surface area contributed by atoms with Crippen LogP contribution in [0.4, 0.5) is 0 Å². The fourth-order valence-corrected chi connectivity index (χ4v) is 2.16. The standard InChI is InChI=1S/C13H15NO4/c1-18-13(17)11-10(15)7-8-14(11)12(16)9-5-3-2-4-6-9/h2-6,10-11,15H,7-8H2,1H3. The third-order valence-corrected chi connectivity index (χ3v) is 3.09. The lowest BCUT2D eigenvalue weighted by atomic mass is 10.1. The molecule has 1 aromatic rings. The smallest absolute Gasteiger partial charge is 0.331 e. The molecular formula is C13H15NO4. The van der Waals surface area contributed by atoms with Gasteiger partial charge in [-0.1, -0.05) is 18.2 Å². The lowest BCUT2D eigenvalue weighted by Gasteiger charge is -2.24. The normalized spacial score (nSPS) is 22.9. The molecule has 0 radical (unpaired) electrons. The van der Waals surface area contributed by atoms with Crippen molar-refractivity contribution in [2.75, 3.05) is 13.7 Å². The zero-order valence-electron chi connectivity index (χ0n) is 10.1. The molecule has 2 rings (SSSR count). The van der Waals surface area contributed by atoms with E-state index in [1.807, 2.05) is 6.07 Å². The number of likely N-dealkylation sites (tertiary alicyclic amines) is 1. The topological polar surface area (TPSA) is 66.8 Å². The van der Waals surface area contributed by atoms with Gasteiger partial charge in [0.1, 0.15) is 0 Å². The van der Waals surface area contributed by atoms with Gasteiger partial charge in [-0.05, 0) is 18.6 Å². The first-order valence-electron chi connectivity index (χ1n) is 5.77. The van der Waals surface area contributed by atoms with Gasteiger partial charge in [0.2, 0.25) is 0 Å². The van der Waals surface area contributed by atoms with Gasteiger partial charge in [0, 0.05) is 12.1 Å². The highest BCUT2D eigenvalue weighted by Gasteiger charge is 2.41. The van der Waals surface area contributed by atoms with Crippen molar-refractivity contribution in [3.8, 4) is 0 Å². The molecule has 5 heteroatoms. The molecule has 0 bridgehead atoms. The van der Waals surface area contributed by atoms with Gasteiger partial charge >= 0.3 is 5.97 Å². The van der Waals surface area contributed by atoms with E-state index in [-0.39, 0.29) is 5.91 Å². The average molecular weight is 249 g/mol. The fraction of sp³-hybridized carbons (Fsp3) is 0.385. The molecule has 1 saturated heterocycles. The third-order valence-electron chi connectivity index (χ3n) is 3.09. The summed E-state index contributed by atoms with van der Waals surface area (Å²) in [6, 6.07) is 7.79. The monoisotopic (exact) mass is 249 g/mol. The van der Waals surface area contributed by atoms with Gasteiger partial charge in [-0.15, -0.1) is 0 Å². The van der Waals surface area contributed by atoms with Gasteiger partial charge in [0.15, 0.2) is 6.04 Å². The van der Waals surface area contributed by atoms with Crippen LogP contribution in [0.5, 0.6) is 0 Å². The predicted octanol–water partition coefficient (Wildman–Crippen LogP) is 0.435. The Hall–Kier alpha value is -1.88. The second-order valence-corrected chi connectivity index (χ2v) is 4.19. The van der Waals surface area contributed by atoms with Crippen molar-refractivity contribution in [1.29, 1.82) is 0 Å². The summed E-state index contributed by atoms with van der Waals surface area (Å²) in [6.45, 7) is 0.356. The number of carbonyl (C=O) groups is 2. The van der Waals surface area contributed by atoms with Crippen LogP contribution in [0.25, 0.3) is 0 Å². The van der Waals surface area contributed by atoms with Crippen LogP contribution < -0.4 is 0 Å². The molecule has 1 N–H and O–H groups in total. The van der Waals surface area contributed by atoms with Crippen LogP contribution >= 0.6 is 0 Å². The maximum Gasteiger partial charge on any atom is 0.331 e. The van der Waals surface area contributed by atoms with Crippen molar-refractivity contribution in [3.63, 3.8) is 0 Å². The van der Waals surface area contributed by atoms with Crippen LogP contribution in [-0.4, -0.2) is 47.7 Å². The molecule has 1 heterocycles. The third kappa shape index (κ3) is 2.22. The highest BCUT2D eigenvalue weighted by atomic mass is 16.5. The number of hydrogen-bond acceptors (Lipinski definition) is 4. The summed E-state index contributed by atoms with van der Waals surface area (Å²) in [5.41, 5.74) is 0.500. The Kier molecular flexibility index (Phi) is 3.62. The number of methoxy groups -OCH3 is 1. The first-order chi connectivity index (χ1) is 8.65. The number of amides is 1. The van der Waals surface area contributed by atoms with Crippen molar-refractivity contribution in [2.24, 2.45) is 0 Å². The Balaban J connectivity index is 2.22. The molecule has 18 heavy (non-hydrogen) atoms. The molecule has 1 amide bonds. The first kappa shape index (κ1) is 12.6. The molecular weight excluding hydrogens is 234 g/mol. The number of nitrogens with zero attached hydrogens (tertiary/aromatic N) is 1. The van der Waals surface area contributed by atoms with Crippen molar-refractivity contribution in [1.82, 2.24) is 4.90 Å². The van der Waals surface area contributed by atoms with E-state index in [1.165, 1.54) is 12.0 Å². The number of carbonyl (C=O) groups excluding carboxylic acids is 2. The van der Waals surface area contributed by atoms with E-state index in [4.69, 9.17) is 0 Å². The molecule has 0 aliphatic carbocycles. The largest absolute Gasteiger partial charge is 0.467 e. The van der Waals surface area contributed by atoms with Crippen LogP contribution in [-0.2, 0) is 9.53 Å². The molecule has 0 spiro atoms. The summed E-state index contributed by atoms with van der Waals surface area (Å²) in [6.07, 6.45) is -0.469. The van der Waals surface area contributed by atoms with Gasteiger partial charge < -0.3 is 14.7 Å². The number of hydrogen-bond donors (Lipinski definition) is 1. The molecule has 1 fully saturated rings. The van der Waals surface area contributed by atoms with Gasteiger partial charge in [-0.25, -0.2) is 4.79 Å². The van der Waals surface area contributed by atoms with E-state index >= 15 is 0 Å². The molecule has 96 valence electrons. The summed E-state index contributed by atoms with van der Waals surface area (Å²) in [4.78, 5) is 25.2. The number of ether oxygens (including phenoxy) is 1. The van der Waals surface area contributed by atoms with Crippen molar-refractivity contribution < 1.29 is 19.4 Å². The molecule has 5 nitrogen and oxygen atoms in total. The fourth-order valence-electron chi connectivity index (χ4n) is 2.16. The van der Waals surface area contributed by atoms with Crippen molar-refractivity contribution in [3.05, 3.63) is 35.9 Å². The molecule has 1 aromatic carbocycles. The molecule has 2 unspecified atom stereocenters. The molecule has 2 atom stereocenters. The average Bonchev–Trinajstić information content (AvgIpc) is 2.80. The zero-order chi connectivity index (χ0) is 13.1. The maximum atomic E-state index is 12.2. The molecule has 0 aromatic heterocycles. The number of esters is 1. The predicted molar refractivity (Wildman–Crippen MR) is 63.9 cm³/mol. The quantitative estimate of drug-likeness (QED) is 0.772. The number of aliphatic hydroxyl groups excluding tert-OH is 1. The summed E-state index contributed by atoms with van der Waals surface area (Å²) in [7, 11) is 1.25. The summed E-state index contributed by atoms with van der Waals surface area (Å²) in [5.74, 6) is -0.841. The van der Waals surface area contributed by atoms with E-state index in [9.17, 15) is 14.7 Å². The minimum Gasteiger partial charge on any atom is -0.467 e. The Morgan fingerprint density at radius 3 is 2.61 bits per heavy atom. The molecule has 1 aliphatic rings. The van der Waals surface area contributed by atoms with Gasteiger partial charge in [0.05, 0.1) is 13.2 Å². The SMILES string of the molecule is COC(=O)C1C(O)CCN1C(=O)c1ccccc1. The number of rotatable bonds is 2. The Bertz CT molecular complexity index is 446. The van der Waals surface area contributed by atoms with E-state index < -0.39 is 18.1 Å². The van der Waals surface area contributed by atoms with Gasteiger partial charge in [-0.2, -0.15) is 0 Å². The van der Waals surface area contributed by atoms with Gasteiger partial charge in [-0.3, -0.25) is 4.79 Å². The lowest BCUT2D eigenvalue weighted by molar-refractivity contribution is -0.147. The second kappa shape index (κ2) is 5.18. The minimum absolute atomic E-state index is 0.262. The summed E-state index contributed by atoms with van der Waals surface area (Å²) in [5, 5.41) is 9.76. The highest BCUT2D eigenvalue weighted by Crippen LogP contribution is 2.21. The zero-order valence-corrected chi connectivity index (χ0v) is 10.1. The van der Waals surface area contributed by atoms with Crippen LogP contribution in [0.3, 0.4) is 0 Å². The molecule has 0 saturated carbocycles. The Morgan fingerprint density at radius 2 is 2.00 bits per heavy atom. The Labute approximate surface area is 105 Å². The van der Waals surface area contributed by atoms with Crippen LogP contribution in [0.1, 0.15) is 16.8 Å². The van der Waals surface area contributed by atoms with Crippen molar-refractivity contribution >= 4 is 11.9 Å². The highest BCUT2D eigenvalue weighted by molar-refractivity contribution is 5.97. The van der Waals surface area contributed by atoms with E-state index in [0.717, 1.165) is 0 Å². The Morgan fingerprint density at radius 1 is 1.33 bits per heavy atom. The van der Waals surface area contributed by atoms with E-state index in [2.05, 4.69) is 4.74 Å².